The van der Waals surface area contributed by atoms with Crippen molar-refractivity contribution in [1.29, 1.82) is 0 Å². The summed E-state index contributed by atoms with van der Waals surface area (Å²) in [5.41, 5.74) is 4.30. The first-order valence-corrected chi connectivity index (χ1v) is 15.9. The number of anilines is 1. The molecule has 5 heterocycles. The topological polar surface area (TPSA) is 79.5 Å². The van der Waals surface area contributed by atoms with Crippen LogP contribution in [0.4, 0.5) is 10.2 Å². The Kier molecular flexibility index (Phi) is 6.85. The summed E-state index contributed by atoms with van der Waals surface area (Å²) in [5.74, 6) is 1.02. The standard InChI is InChI=1S/C32H36FN7O2S/c1-6-26(41)38-14-20(4)39(15-19(38)3)31-23-12-18(2)27(22-8-9-25(33)24-13-34-36(5)28(22)24)30-29(23)40(32(42)35-31)21(17-43-30)16-37-10-7-11-37/h6,8-9,12-13,19-21H,1,7,10-11,14-17H2,2-5H3/t19-,20+,21?/m1/s1. The van der Waals surface area contributed by atoms with Crippen molar-refractivity contribution < 1.29 is 9.18 Å². The van der Waals surface area contributed by atoms with Gasteiger partial charge in [-0.1, -0.05) is 6.58 Å². The Hall–Kier alpha value is -3.70. The van der Waals surface area contributed by atoms with Crippen LogP contribution in [-0.4, -0.2) is 85.6 Å². The van der Waals surface area contributed by atoms with Gasteiger partial charge in [-0.15, -0.1) is 11.8 Å². The Labute approximate surface area is 253 Å². The molecule has 2 saturated heterocycles. The van der Waals surface area contributed by atoms with Gasteiger partial charge < -0.3 is 14.7 Å². The average molecular weight is 602 g/mol. The van der Waals surface area contributed by atoms with E-state index in [-0.39, 0.29) is 35.5 Å². The fourth-order valence-corrected chi connectivity index (χ4v) is 8.45. The summed E-state index contributed by atoms with van der Waals surface area (Å²) in [6, 6.07) is 5.36. The molecule has 1 amide bonds. The monoisotopic (exact) mass is 601 g/mol. The maximum absolute atomic E-state index is 14.8. The number of fused-ring (bicyclic) bond motifs is 1. The van der Waals surface area contributed by atoms with Crippen LogP contribution < -0.4 is 10.6 Å². The van der Waals surface area contributed by atoms with E-state index in [9.17, 15) is 14.0 Å². The third-order valence-electron chi connectivity index (χ3n) is 9.38. The zero-order valence-corrected chi connectivity index (χ0v) is 25.8. The van der Waals surface area contributed by atoms with Gasteiger partial charge in [0.2, 0.25) is 5.91 Å². The number of halogens is 1. The lowest BCUT2D eigenvalue weighted by atomic mass is 9.95. The summed E-state index contributed by atoms with van der Waals surface area (Å²) in [6.07, 6.45) is 4.12. The highest BCUT2D eigenvalue weighted by molar-refractivity contribution is 7.99. The molecular weight excluding hydrogens is 565 g/mol. The van der Waals surface area contributed by atoms with Gasteiger partial charge in [-0.3, -0.25) is 14.0 Å². The molecule has 0 bridgehead atoms. The van der Waals surface area contributed by atoms with Crippen LogP contribution in [0.5, 0.6) is 0 Å². The highest BCUT2D eigenvalue weighted by Gasteiger charge is 2.36. The number of benzene rings is 2. The number of nitrogens with zero attached hydrogens (tertiary/aromatic N) is 7. The molecule has 224 valence electrons. The molecule has 0 radical (unpaired) electrons. The fraction of sp³-hybridized carbons (Fsp3) is 0.438. The van der Waals surface area contributed by atoms with Crippen LogP contribution in [0.2, 0.25) is 0 Å². The minimum Gasteiger partial charge on any atom is -0.349 e. The lowest BCUT2D eigenvalue weighted by molar-refractivity contribution is -0.128. The zero-order valence-electron chi connectivity index (χ0n) is 25.0. The Morgan fingerprint density at radius 3 is 2.67 bits per heavy atom. The number of carbonyl (C=O) groups excluding carboxylic acids is 1. The van der Waals surface area contributed by atoms with Crippen LogP contribution >= 0.6 is 11.8 Å². The van der Waals surface area contributed by atoms with Crippen molar-refractivity contribution in [2.24, 2.45) is 7.05 Å². The second-order valence-corrected chi connectivity index (χ2v) is 13.2. The zero-order chi connectivity index (χ0) is 30.2. The lowest BCUT2D eigenvalue weighted by Gasteiger charge is -2.45. The van der Waals surface area contributed by atoms with Crippen LogP contribution in [0, 0.1) is 12.7 Å². The van der Waals surface area contributed by atoms with Crippen molar-refractivity contribution >= 4 is 45.3 Å². The van der Waals surface area contributed by atoms with Crippen molar-refractivity contribution in [3.63, 3.8) is 0 Å². The van der Waals surface area contributed by atoms with Gasteiger partial charge in [0.1, 0.15) is 11.6 Å². The molecule has 11 heteroatoms. The molecule has 1 unspecified atom stereocenters. The minimum atomic E-state index is -0.304. The molecule has 4 aromatic rings. The molecule has 0 aliphatic carbocycles. The molecule has 9 nitrogen and oxygen atoms in total. The number of amides is 1. The van der Waals surface area contributed by atoms with Crippen molar-refractivity contribution in [2.45, 2.75) is 50.2 Å². The Balaban J connectivity index is 1.47. The van der Waals surface area contributed by atoms with Crippen molar-refractivity contribution in [3.8, 4) is 11.1 Å². The molecule has 3 aliphatic heterocycles. The van der Waals surface area contributed by atoms with Crippen molar-refractivity contribution in [3.05, 3.63) is 58.9 Å². The number of aryl methyl sites for hydroxylation is 2. The number of hydrogen-bond acceptors (Lipinski definition) is 7. The van der Waals surface area contributed by atoms with E-state index in [1.807, 2.05) is 29.5 Å². The Morgan fingerprint density at radius 2 is 1.95 bits per heavy atom. The van der Waals surface area contributed by atoms with E-state index in [0.717, 1.165) is 63.4 Å². The number of carbonyl (C=O) groups is 1. The Morgan fingerprint density at radius 1 is 1.16 bits per heavy atom. The van der Waals surface area contributed by atoms with Gasteiger partial charge in [0.15, 0.2) is 0 Å². The quantitative estimate of drug-likeness (QED) is 0.315. The smallest absolute Gasteiger partial charge is 0.349 e. The van der Waals surface area contributed by atoms with Crippen molar-refractivity contribution in [2.75, 3.05) is 43.4 Å². The number of hydrogen-bond donors (Lipinski definition) is 0. The average Bonchev–Trinajstić information content (AvgIpc) is 3.36. The molecule has 2 fully saturated rings. The van der Waals surface area contributed by atoms with Crippen LogP contribution in [-0.2, 0) is 11.8 Å². The van der Waals surface area contributed by atoms with E-state index in [4.69, 9.17) is 4.98 Å². The summed E-state index contributed by atoms with van der Waals surface area (Å²) in [7, 11) is 1.83. The number of rotatable bonds is 5. The maximum atomic E-state index is 14.8. The van der Waals surface area contributed by atoms with E-state index in [2.05, 4.69) is 41.4 Å². The third kappa shape index (κ3) is 4.38. The molecule has 2 aromatic heterocycles. The first-order valence-electron chi connectivity index (χ1n) is 14.9. The number of thioether (sulfide) groups is 1. The van der Waals surface area contributed by atoms with Gasteiger partial charge in [0.25, 0.3) is 0 Å². The van der Waals surface area contributed by atoms with Crippen LogP contribution in [0.1, 0.15) is 31.9 Å². The van der Waals surface area contributed by atoms with Gasteiger partial charge in [0, 0.05) is 65.9 Å². The molecule has 7 rings (SSSR count). The summed E-state index contributed by atoms with van der Waals surface area (Å²) < 4.78 is 18.5. The molecule has 0 N–H and O–H groups in total. The van der Waals surface area contributed by atoms with E-state index >= 15 is 0 Å². The lowest BCUT2D eigenvalue weighted by Crippen LogP contribution is -2.58. The summed E-state index contributed by atoms with van der Waals surface area (Å²) >= 11 is 1.78. The van der Waals surface area contributed by atoms with E-state index < -0.39 is 0 Å². The fourth-order valence-electron chi connectivity index (χ4n) is 7.08. The van der Waals surface area contributed by atoms with Gasteiger partial charge in [-0.25, -0.2) is 9.18 Å². The summed E-state index contributed by atoms with van der Waals surface area (Å²) in [5, 5.41) is 5.78. The second kappa shape index (κ2) is 10.5. The number of aromatic nitrogens is 4. The highest BCUT2D eigenvalue weighted by Crippen LogP contribution is 2.47. The van der Waals surface area contributed by atoms with Gasteiger partial charge in [-0.05, 0) is 70.1 Å². The normalized spacial score (nSPS) is 22.3. The molecule has 2 aromatic carbocycles. The van der Waals surface area contributed by atoms with Crippen molar-refractivity contribution in [1.82, 2.24) is 29.1 Å². The molecule has 0 spiro atoms. The van der Waals surface area contributed by atoms with Gasteiger partial charge in [0.05, 0.1) is 28.7 Å². The van der Waals surface area contributed by atoms with E-state index in [0.29, 0.717) is 24.3 Å². The second-order valence-electron chi connectivity index (χ2n) is 12.2. The third-order valence-corrected chi connectivity index (χ3v) is 10.6. The van der Waals surface area contributed by atoms with Gasteiger partial charge in [-0.2, -0.15) is 10.1 Å². The molecule has 43 heavy (non-hydrogen) atoms. The predicted octanol–water partition coefficient (Wildman–Crippen LogP) is 4.36. The number of likely N-dealkylation sites (tertiary alicyclic amines) is 1. The summed E-state index contributed by atoms with van der Waals surface area (Å²) in [4.78, 5) is 38.8. The highest BCUT2D eigenvalue weighted by atomic mass is 32.2. The largest absolute Gasteiger partial charge is 0.350 e. The molecule has 3 atom stereocenters. The summed E-state index contributed by atoms with van der Waals surface area (Å²) in [6.45, 7) is 13.8. The predicted molar refractivity (Wildman–Crippen MR) is 169 cm³/mol. The first-order chi connectivity index (χ1) is 20.7. The Bertz CT molecular complexity index is 1860. The molecule has 0 saturated carbocycles. The van der Waals surface area contributed by atoms with Crippen LogP contribution in [0.25, 0.3) is 32.9 Å². The SMILES string of the molecule is C=CC(=O)N1C[C@H](C)N(c2nc(=O)n3c4c(c(-c5ccc(F)c6cnn(C)c56)c(C)cc24)SCC3CN2CCC2)C[C@H]1C. The van der Waals surface area contributed by atoms with E-state index in [1.54, 1.807) is 22.6 Å². The molecular formula is C32H36FN7O2S. The molecule has 3 aliphatic rings. The minimum absolute atomic E-state index is 0.00625. The maximum Gasteiger partial charge on any atom is 0.350 e. The van der Waals surface area contributed by atoms with E-state index in [1.165, 1.54) is 18.6 Å². The van der Waals surface area contributed by atoms with Crippen LogP contribution in [0.15, 0.2) is 46.7 Å². The van der Waals surface area contributed by atoms with Gasteiger partial charge >= 0.3 is 5.69 Å². The van der Waals surface area contributed by atoms with Crippen LogP contribution in [0.3, 0.4) is 0 Å². The number of piperazine rings is 1. The first kappa shape index (κ1) is 28.1.